The van der Waals surface area contributed by atoms with Crippen LogP contribution in [0.3, 0.4) is 0 Å². The number of nitrogens with two attached hydrogens (primary N) is 3. The molecule has 0 aliphatic carbocycles. The molecule has 1 aromatic carbocycles. The molecule has 2 aromatic rings. The van der Waals surface area contributed by atoms with E-state index in [2.05, 4.69) is 42.2 Å². The van der Waals surface area contributed by atoms with Crippen LogP contribution in [0.1, 0.15) is 84.6 Å². The van der Waals surface area contributed by atoms with Gasteiger partial charge in [-0.1, -0.05) is 58.7 Å². The van der Waals surface area contributed by atoms with Crippen molar-refractivity contribution in [1.82, 2.24) is 47.1 Å². The molecular weight excluding hydrogens is 917 g/mol. The first-order chi connectivity index (χ1) is 33.1. The molecule has 3 rings (SSSR count). The van der Waals surface area contributed by atoms with E-state index in [1.165, 1.54) is 4.90 Å². The zero-order valence-corrected chi connectivity index (χ0v) is 39.8. The predicted molar refractivity (Wildman–Crippen MR) is 251 cm³/mol. The summed E-state index contributed by atoms with van der Waals surface area (Å²) in [6.45, 7) is 5.00. The van der Waals surface area contributed by atoms with Crippen LogP contribution >= 0.6 is 0 Å². The van der Waals surface area contributed by atoms with Gasteiger partial charge < -0.3 is 74.5 Å². The van der Waals surface area contributed by atoms with E-state index in [0.717, 1.165) is 0 Å². The van der Waals surface area contributed by atoms with Gasteiger partial charge in [0.1, 0.15) is 36.3 Å². The molecule has 386 valence electrons. The van der Waals surface area contributed by atoms with E-state index >= 15 is 0 Å². The van der Waals surface area contributed by atoms with Gasteiger partial charge in [0.25, 0.3) is 0 Å². The predicted octanol–water partition coefficient (Wildman–Crippen LogP) is -3.61. The number of hydrogen-bond acceptors (Lipinski definition) is 13. The molecule has 9 atom stereocenters. The molecule has 1 fully saturated rings. The fourth-order valence-corrected chi connectivity index (χ4v) is 7.55. The van der Waals surface area contributed by atoms with Crippen LogP contribution in [0.25, 0.3) is 10.9 Å². The summed E-state index contributed by atoms with van der Waals surface area (Å²) in [4.78, 5) is 146. The molecule has 2 heterocycles. The van der Waals surface area contributed by atoms with Crippen LogP contribution in [0.4, 0.5) is 0 Å². The number of aromatic amines is 1. The summed E-state index contributed by atoms with van der Waals surface area (Å²) in [6, 6.07) is -2.31. The zero-order chi connectivity index (χ0) is 52.2. The van der Waals surface area contributed by atoms with Crippen molar-refractivity contribution in [3.05, 3.63) is 36.0 Å². The van der Waals surface area contributed by atoms with E-state index in [1.54, 1.807) is 51.2 Å². The number of hydrogen-bond donors (Lipinski definition) is 13. The molecule has 1 aromatic heterocycles. The summed E-state index contributed by atoms with van der Waals surface area (Å²) in [7, 11) is 0. The minimum Gasteiger partial charge on any atom is -0.480 e. The zero-order valence-electron chi connectivity index (χ0n) is 39.8. The van der Waals surface area contributed by atoms with Gasteiger partial charge in [0.05, 0.1) is 25.7 Å². The fourth-order valence-electron chi connectivity index (χ4n) is 7.55. The Kier molecular flexibility index (Phi) is 22.7. The second-order valence-corrected chi connectivity index (χ2v) is 17.4. The van der Waals surface area contributed by atoms with Crippen LogP contribution < -0.4 is 54.4 Å². The molecule has 0 saturated carbocycles. The number of nitrogens with zero attached hydrogens (tertiary/aromatic N) is 1. The topological polar surface area (TPSA) is 410 Å². The maximum Gasteiger partial charge on any atom is 0.326 e. The van der Waals surface area contributed by atoms with Crippen LogP contribution in [0, 0.1) is 11.8 Å². The van der Waals surface area contributed by atoms with Crippen molar-refractivity contribution in [2.24, 2.45) is 29.0 Å². The molecule has 1 saturated heterocycles. The number of para-hydroxylation sites is 1. The van der Waals surface area contributed by atoms with E-state index in [-0.39, 0.29) is 44.6 Å². The van der Waals surface area contributed by atoms with Gasteiger partial charge in [0.15, 0.2) is 0 Å². The first kappa shape index (κ1) is 57.2. The number of carboxylic acids is 1. The summed E-state index contributed by atoms with van der Waals surface area (Å²) in [5.41, 5.74) is 17.7. The fraction of sp³-hybridized carbons (Fsp3) is 0.578. The highest BCUT2D eigenvalue weighted by Gasteiger charge is 2.38. The van der Waals surface area contributed by atoms with Crippen molar-refractivity contribution in [2.75, 3.05) is 26.2 Å². The molecule has 1 aliphatic rings. The number of aliphatic carboxylic acids is 1. The maximum atomic E-state index is 14.1. The first-order valence-corrected chi connectivity index (χ1v) is 23.2. The van der Waals surface area contributed by atoms with Crippen LogP contribution in [0.2, 0.25) is 0 Å². The standard InChI is InChI=1S/C45H68N12O13/c1-5-23(3)37(48)43(67)51-21-36(62)57-17-9-12-32(57)42(66)53-28(13-15-33(46)59)40(64)55-31(22-58)41(65)56-38(24(4)6-2)44(68)54-30(18-25-19-49-27-11-8-7-10-26(25)27)39(63)50-20-35(61)52-29(45(69)70)14-16-34(47)60/h7-8,10-11,19,23-24,28-32,37-38,49,58H,5-6,9,12-18,20-22,48H2,1-4H3,(H2,46,59)(H2,47,60)(H,50,63)(H,51,67)(H,52,61)(H,53,66)(H,54,68)(H,55,64)(H,56,65)(H,69,70)/t23-,24-,28-,29-,30-,31-,32-,37-,38-/m0/s1. The second kappa shape index (κ2) is 27.7. The quantitative estimate of drug-likeness (QED) is 0.0375. The number of aliphatic hydroxyl groups is 1. The lowest BCUT2D eigenvalue weighted by molar-refractivity contribution is -0.142. The number of H-pyrrole nitrogens is 1. The summed E-state index contributed by atoms with van der Waals surface area (Å²) in [5.74, 6) is -10.4. The highest BCUT2D eigenvalue weighted by molar-refractivity contribution is 5.98. The third-order valence-electron chi connectivity index (χ3n) is 12.2. The molecule has 0 spiro atoms. The van der Waals surface area contributed by atoms with Crippen molar-refractivity contribution in [3.8, 4) is 0 Å². The number of carbonyl (C=O) groups excluding carboxylic acids is 10. The number of primary amides is 2. The van der Waals surface area contributed by atoms with Crippen LogP contribution in [0.15, 0.2) is 30.5 Å². The summed E-state index contributed by atoms with van der Waals surface area (Å²) in [6.07, 6.45) is 1.68. The van der Waals surface area contributed by atoms with E-state index in [0.29, 0.717) is 35.7 Å². The van der Waals surface area contributed by atoms with Gasteiger partial charge in [-0.15, -0.1) is 0 Å². The van der Waals surface area contributed by atoms with Gasteiger partial charge >= 0.3 is 5.97 Å². The van der Waals surface area contributed by atoms with Gasteiger partial charge in [0.2, 0.25) is 59.1 Å². The highest BCUT2D eigenvalue weighted by Crippen LogP contribution is 2.21. The Hall–Kier alpha value is -7.15. The molecule has 16 N–H and O–H groups in total. The SMILES string of the molecule is CC[C@H](C)[C@H](N)C(=O)NCC(=O)N1CCC[C@H]1C(=O)N[C@@H](CCC(N)=O)C(=O)N[C@@H](CO)C(=O)N[C@H](C(=O)N[C@@H](Cc1c[nH]c2ccccc12)C(=O)NCC(=O)N[C@@H](CCC(N)=O)C(=O)O)[C@@H](C)CC. The normalized spacial score (nSPS) is 16.7. The Labute approximate surface area is 404 Å². The van der Waals surface area contributed by atoms with Crippen LogP contribution in [-0.4, -0.2) is 154 Å². The number of carboxylic acid groups (broad SMARTS) is 1. The Bertz CT molecular complexity index is 2220. The van der Waals surface area contributed by atoms with Gasteiger partial charge in [-0.05, 0) is 49.1 Å². The number of fused-ring (bicyclic) bond motifs is 1. The summed E-state index contributed by atoms with van der Waals surface area (Å²) in [5, 5.41) is 37.7. The minimum atomic E-state index is -1.73. The lowest BCUT2D eigenvalue weighted by atomic mass is 9.96. The van der Waals surface area contributed by atoms with Gasteiger partial charge in [-0.2, -0.15) is 0 Å². The number of aliphatic hydroxyl groups excluding tert-OH is 1. The van der Waals surface area contributed by atoms with E-state index in [9.17, 15) is 63.0 Å². The van der Waals surface area contributed by atoms with Gasteiger partial charge in [-0.3, -0.25) is 47.9 Å². The van der Waals surface area contributed by atoms with Gasteiger partial charge in [-0.25, -0.2) is 4.79 Å². The maximum absolute atomic E-state index is 14.1. The molecule has 25 heteroatoms. The molecule has 25 nitrogen and oxygen atoms in total. The van der Waals surface area contributed by atoms with Crippen molar-refractivity contribution in [1.29, 1.82) is 0 Å². The third kappa shape index (κ3) is 17.1. The Morgan fingerprint density at radius 1 is 0.729 bits per heavy atom. The minimum absolute atomic E-state index is 0.134. The average molecular weight is 985 g/mol. The van der Waals surface area contributed by atoms with Gasteiger partial charge in [0, 0.05) is 42.9 Å². The summed E-state index contributed by atoms with van der Waals surface area (Å²) < 4.78 is 0. The number of aromatic nitrogens is 1. The monoisotopic (exact) mass is 985 g/mol. The van der Waals surface area contributed by atoms with E-state index < -0.39 is 139 Å². The number of likely N-dealkylation sites (tertiary alicyclic amines) is 1. The number of carbonyl (C=O) groups is 11. The lowest BCUT2D eigenvalue weighted by Gasteiger charge is -2.29. The van der Waals surface area contributed by atoms with Crippen molar-refractivity contribution in [3.63, 3.8) is 0 Å². The van der Waals surface area contributed by atoms with Crippen molar-refractivity contribution >= 4 is 75.9 Å². The first-order valence-electron chi connectivity index (χ1n) is 23.2. The van der Waals surface area contributed by atoms with Crippen molar-refractivity contribution < 1.29 is 63.0 Å². The number of amides is 10. The molecule has 1 aliphatic heterocycles. The molecule has 10 amide bonds. The van der Waals surface area contributed by atoms with E-state index in [1.807, 2.05) is 6.92 Å². The lowest BCUT2D eigenvalue weighted by Crippen LogP contribution is -2.61. The largest absolute Gasteiger partial charge is 0.480 e. The molecule has 0 unspecified atom stereocenters. The van der Waals surface area contributed by atoms with Crippen LogP contribution in [0.5, 0.6) is 0 Å². The van der Waals surface area contributed by atoms with E-state index in [4.69, 9.17) is 17.2 Å². The summed E-state index contributed by atoms with van der Waals surface area (Å²) >= 11 is 0. The smallest absolute Gasteiger partial charge is 0.326 e. The van der Waals surface area contributed by atoms with Crippen molar-refractivity contribution in [2.45, 2.75) is 128 Å². The Balaban J connectivity index is 1.77. The average Bonchev–Trinajstić information content (AvgIpc) is 4.00. The molecular formula is C45H68N12O13. The molecule has 0 radical (unpaired) electrons. The second-order valence-electron chi connectivity index (χ2n) is 17.4. The number of benzene rings is 1. The molecule has 70 heavy (non-hydrogen) atoms. The third-order valence-corrected chi connectivity index (χ3v) is 12.2. The number of nitrogens with one attached hydrogen (secondary N) is 8. The highest BCUT2D eigenvalue weighted by atomic mass is 16.4. The molecule has 0 bridgehead atoms. The Morgan fingerprint density at radius 2 is 1.33 bits per heavy atom. The number of rotatable bonds is 29. The Morgan fingerprint density at radius 3 is 1.94 bits per heavy atom. The van der Waals surface area contributed by atoms with Crippen LogP contribution in [-0.2, 0) is 59.2 Å².